The Bertz CT molecular complexity index is 186. The van der Waals surface area contributed by atoms with Gasteiger partial charge in [-0.25, -0.2) is 0 Å². The molecule has 1 N–H and O–H groups in total. The molecule has 0 bridgehead atoms. The average molecular weight is 212 g/mol. The first-order chi connectivity index (χ1) is 7.31. The molecule has 1 heterocycles. The Morgan fingerprint density at radius 1 is 1.33 bits per heavy atom. The summed E-state index contributed by atoms with van der Waals surface area (Å²) < 4.78 is 5.60. The van der Waals surface area contributed by atoms with E-state index < -0.39 is 0 Å². The van der Waals surface area contributed by atoms with Crippen molar-refractivity contribution in [1.82, 2.24) is 10.2 Å². The number of ether oxygens (including phenoxy) is 1. The largest absolute Gasteiger partial charge is 0.378 e. The molecule has 3 heteroatoms. The van der Waals surface area contributed by atoms with Gasteiger partial charge >= 0.3 is 0 Å². The van der Waals surface area contributed by atoms with Crippen LogP contribution >= 0.6 is 0 Å². The van der Waals surface area contributed by atoms with Gasteiger partial charge in [-0.15, -0.1) is 0 Å². The molecule has 1 saturated carbocycles. The third-order valence-electron chi connectivity index (χ3n) is 3.90. The van der Waals surface area contributed by atoms with Gasteiger partial charge in [-0.2, -0.15) is 0 Å². The molecule has 2 rings (SSSR count). The fourth-order valence-corrected chi connectivity index (χ4v) is 2.72. The normalized spacial score (nSPS) is 36.6. The van der Waals surface area contributed by atoms with Crippen molar-refractivity contribution in [2.75, 3.05) is 26.7 Å². The lowest BCUT2D eigenvalue weighted by atomic mass is 9.86. The number of hydrogen-bond acceptors (Lipinski definition) is 3. The third-order valence-corrected chi connectivity index (χ3v) is 3.90. The SMILES string of the molecule is CCOC1CC(N(C)C2CCCNC2)C1. The van der Waals surface area contributed by atoms with Crippen LogP contribution in [0.3, 0.4) is 0 Å². The summed E-state index contributed by atoms with van der Waals surface area (Å²) in [6.07, 6.45) is 5.71. The topological polar surface area (TPSA) is 24.5 Å². The molecule has 88 valence electrons. The van der Waals surface area contributed by atoms with Crippen LogP contribution in [0.15, 0.2) is 0 Å². The smallest absolute Gasteiger partial charge is 0.0604 e. The highest BCUT2D eigenvalue weighted by Crippen LogP contribution is 2.29. The first kappa shape index (κ1) is 11.4. The Hall–Kier alpha value is -0.120. The van der Waals surface area contributed by atoms with E-state index in [1.54, 1.807) is 0 Å². The van der Waals surface area contributed by atoms with Gasteiger partial charge in [0.2, 0.25) is 0 Å². The van der Waals surface area contributed by atoms with E-state index in [1.165, 1.54) is 38.8 Å². The number of rotatable bonds is 4. The van der Waals surface area contributed by atoms with Gasteiger partial charge in [0.15, 0.2) is 0 Å². The first-order valence-electron chi connectivity index (χ1n) is 6.35. The molecule has 3 nitrogen and oxygen atoms in total. The Morgan fingerprint density at radius 3 is 2.73 bits per heavy atom. The molecule has 2 fully saturated rings. The molecule has 0 aromatic rings. The molecule has 0 amide bonds. The Balaban J connectivity index is 1.70. The fourth-order valence-electron chi connectivity index (χ4n) is 2.72. The highest BCUT2D eigenvalue weighted by Gasteiger charge is 2.35. The van der Waals surface area contributed by atoms with Crippen molar-refractivity contribution in [2.45, 2.75) is 50.8 Å². The zero-order chi connectivity index (χ0) is 10.7. The van der Waals surface area contributed by atoms with Crippen LogP contribution in [-0.4, -0.2) is 49.8 Å². The van der Waals surface area contributed by atoms with E-state index in [2.05, 4.69) is 24.2 Å². The monoisotopic (exact) mass is 212 g/mol. The predicted molar refractivity (Wildman–Crippen MR) is 62.1 cm³/mol. The van der Waals surface area contributed by atoms with Crippen LogP contribution in [-0.2, 0) is 4.74 Å². The van der Waals surface area contributed by atoms with E-state index in [0.29, 0.717) is 6.10 Å². The highest BCUT2D eigenvalue weighted by atomic mass is 16.5. The van der Waals surface area contributed by atoms with Gasteiger partial charge in [-0.3, -0.25) is 4.90 Å². The van der Waals surface area contributed by atoms with Crippen LogP contribution in [0.25, 0.3) is 0 Å². The van der Waals surface area contributed by atoms with Gasteiger partial charge in [-0.1, -0.05) is 0 Å². The highest BCUT2D eigenvalue weighted by molar-refractivity contribution is 4.91. The zero-order valence-electron chi connectivity index (χ0n) is 10.0. The Morgan fingerprint density at radius 2 is 2.13 bits per heavy atom. The average Bonchev–Trinajstić information content (AvgIpc) is 2.23. The number of nitrogens with one attached hydrogen (secondary N) is 1. The van der Waals surface area contributed by atoms with E-state index in [-0.39, 0.29) is 0 Å². The summed E-state index contributed by atoms with van der Waals surface area (Å²) in [6.45, 7) is 5.33. The van der Waals surface area contributed by atoms with Crippen molar-refractivity contribution in [3.05, 3.63) is 0 Å². The van der Waals surface area contributed by atoms with Crippen molar-refractivity contribution < 1.29 is 4.74 Å². The lowest BCUT2D eigenvalue weighted by Gasteiger charge is -2.45. The van der Waals surface area contributed by atoms with Crippen molar-refractivity contribution in [3.8, 4) is 0 Å². The summed E-state index contributed by atoms with van der Waals surface area (Å²) in [5, 5.41) is 3.48. The zero-order valence-corrected chi connectivity index (χ0v) is 10.0. The molecule has 2 aliphatic rings. The molecule has 1 aliphatic heterocycles. The van der Waals surface area contributed by atoms with Crippen molar-refractivity contribution in [3.63, 3.8) is 0 Å². The number of nitrogens with zero attached hydrogens (tertiary/aromatic N) is 1. The van der Waals surface area contributed by atoms with Crippen molar-refractivity contribution in [1.29, 1.82) is 0 Å². The molecule has 1 unspecified atom stereocenters. The maximum Gasteiger partial charge on any atom is 0.0604 e. The molecule has 15 heavy (non-hydrogen) atoms. The van der Waals surface area contributed by atoms with Crippen LogP contribution in [0, 0.1) is 0 Å². The molecular weight excluding hydrogens is 188 g/mol. The quantitative estimate of drug-likeness (QED) is 0.759. The minimum atomic E-state index is 0.541. The Kier molecular flexibility index (Phi) is 4.00. The second kappa shape index (κ2) is 5.28. The van der Waals surface area contributed by atoms with E-state index in [0.717, 1.165) is 18.7 Å². The van der Waals surface area contributed by atoms with Crippen LogP contribution in [0.1, 0.15) is 32.6 Å². The van der Waals surface area contributed by atoms with Gasteiger partial charge < -0.3 is 10.1 Å². The molecule has 0 radical (unpaired) electrons. The number of piperidine rings is 1. The summed E-state index contributed by atoms with van der Waals surface area (Å²) in [6, 6.07) is 1.53. The second-order valence-electron chi connectivity index (χ2n) is 4.87. The van der Waals surface area contributed by atoms with Crippen LogP contribution in [0.5, 0.6) is 0 Å². The molecule has 0 aromatic carbocycles. The van der Waals surface area contributed by atoms with Gasteiger partial charge in [0.05, 0.1) is 6.10 Å². The third kappa shape index (κ3) is 2.71. The van der Waals surface area contributed by atoms with Gasteiger partial charge in [0.25, 0.3) is 0 Å². The van der Waals surface area contributed by atoms with Crippen LogP contribution < -0.4 is 5.32 Å². The molecule has 0 spiro atoms. The predicted octanol–water partition coefficient (Wildman–Crippen LogP) is 1.24. The molecule has 1 atom stereocenters. The summed E-state index contributed by atoms with van der Waals surface area (Å²) in [7, 11) is 2.28. The minimum absolute atomic E-state index is 0.541. The maximum atomic E-state index is 5.60. The van der Waals surface area contributed by atoms with E-state index >= 15 is 0 Å². The lowest BCUT2D eigenvalue weighted by Crippen LogP contribution is -2.54. The van der Waals surface area contributed by atoms with Gasteiger partial charge in [0, 0.05) is 25.2 Å². The summed E-state index contributed by atoms with van der Waals surface area (Å²) in [5.41, 5.74) is 0. The number of likely N-dealkylation sites (N-methyl/N-ethyl adjacent to an activating group) is 1. The second-order valence-corrected chi connectivity index (χ2v) is 4.87. The lowest BCUT2D eigenvalue weighted by molar-refractivity contribution is -0.0517. The maximum absolute atomic E-state index is 5.60. The van der Waals surface area contributed by atoms with Crippen LogP contribution in [0.4, 0.5) is 0 Å². The van der Waals surface area contributed by atoms with Crippen molar-refractivity contribution >= 4 is 0 Å². The molecule has 0 aromatic heterocycles. The fraction of sp³-hybridized carbons (Fsp3) is 1.00. The van der Waals surface area contributed by atoms with E-state index in [4.69, 9.17) is 4.74 Å². The minimum Gasteiger partial charge on any atom is -0.378 e. The van der Waals surface area contributed by atoms with Crippen LogP contribution in [0.2, 0.25) is 0 Å². The standard InChI is InChI=1S/C12H24N2O/c1-3-15-12-7-11(8-12)14(2)10-5-4-6-13-9-10/h10-13H,3-9H2,1-2H3. The molecule has 1 saturated heterocycles. The number of hydrogen-bond donors (Lipinski definition) is 1. The van der Waals surface area contributed by atoms with Crippen molar-refractivity contribution in [2.24, 2.45) is 0 Å². The summed E-state index contributed by atoms with van der Waals surface area (Å²) in [4.78, 5) is 2.57. The Labute approximate surface area is 93.2 Å². The summed E-state index contributed by atoms with van der Waals surface area (Å²) >= 11 is 0. The first-order valence-corrected chi connectivity index (χ1v) is 6.35. The molecule has 1 aliphatic carbocycles. The van der Waals surface area contributed by atoms with E-state index in [9.17, 15) is 0 Å². The van der Waals surface area contributed by atoms with Gasteiger partial charge in [-0.05, 0) is 46.2 Å². The van der Waals surface area contributed by atoms with E-state index in [1.807, 2.05) is 0 Å². The summed E-state index contributed by atoms with van der Waals surface area (Å²) in [5.74, 6) is 0. The van der Waals surface area contributed by atoms with Gasteiger partial charge in [0.1, 0.15) is 0 Å². The molecular formula is C12H24N2O.